The molecular formula is C18H13Cl2N5O5. The Hall–Kier alpha value is -3.50. The second-order valence-corrected chi connectivity index (χ2v) is 6.71. The van der Waals surface area contributed by atoms with Crippen LogP contribution in [0, 0.1) is 10.1 Å². The van der Waals surface area contributed by atoms with Crippen LogP contribution in [0.1, 0.15) is 21.0 Å². The maximum atomic E-state index is 12.1. The molecule has 0 spiro atoms. The summed E-state index contributed by atoms with van der Waals surface area (Å²) in [7, 11) is 0. The van der Waals surface area contributed by atoms with E-state index in [-0.39, 0.29) is 41.1 Å². The van der Waals surface area contributed by atoms with E-state index in [1.54, 1.807) is 24.3 Å². The molecule has 0 saturated heterocycles. The fourth-order valence-electron chi connectivity index (χ4n) is 2.38. The molecule has 0 unspecified atom stereocenters. The highest BCUT2D eigenvalue weighted by Crippen LogP contribution is 2.25. The summed E-state index contributed by atoms with van der Waals surface area (Å²) in [6.45, 7) is 0.130. The minimum Gasteiger partial charge on any atom is -0.350 e. The maximum absolute atomic E-state index is 12.1. The first-order valence-electron chi connectivity index (χ1n) is 8.45. The average molecular weight is 450 g/mol. The fourth-order valence-corrected chi connectivity index (χ4v) is 2.76. The van der Waals surface area contributed by atoms with Crippen molar-refractivity contribution in [2.75, 3.05) is 13.1 Å². The molecule has 0 radical (unpaired) electrons. The van der Waals surface area contributed by atoms with E-state index in [2.05, 4.69) is 20.8 Å². The summed E-state index contributed by atoms with van der Waals surface area (Å²) in [6, 6.07) is 10.5. The van der Waals surface area contributed by atoms with Gasteiger partial charge in [-0.25, -0.2) is 0 Å². The normalized spacial score (nSPS) is 10.5. The van der Waals surface area contributed by atoms with Gasteiger partial charge in [-0.05, 0) is 24.3 Å². The molecular weight excluding hydrogens is 437 g/mol. The third-order valence-corrected chi connectivity index (χ3v) is 4.36. The molecule has 0 bridgehead atoms. The molecule has 0 saturated carbocycles. The second kappa shape index (κ2) is 9.33. The van der Waals surface area contributed by atoms with Crippen molar-refractivity contribution in [1.82, 2.24) is 20.8 Å². The van der Waals surface area contributed by atoms with E-state index >= 15 is 0 Å². The van der Waals surface area contributed by atoms with Gasteiger partial charge in [0.2, 0.25) is 5.82 Å². The Kier molecular flexibility index (Phi) is 6.60. The number of carbonyl (C=O) groups is 2. The number of nitro groups is 1. The summed E-state index contributed by atoms with van der Waals surface area (Å²) in [5, 5.41) is 20.1. The Morgan fingerprint density at radius 2 is 1.80 bits per heavy atom. The van der Waals surface area contributed by atoms with Gasteiger partial charge in [-0.3, -0.25) is 19.7 Å². The van der Waals surface area contributed by atoms with E-state index in [4.69, 9.17) is 27.7 Å². The summed E-state index contributed by atoms with van der Waals surface area (Å²) in [5.74, 6) is -1.21. The minimum atomic E-state index is -0.679. The predicted molar refractivity (Wildman–Crippen MR) is 108 cm³/mol. The molecule has 3 aromatic rings. The Morgan fingerprint density at radius 1 is 1.07 bits per heavy atom. The van der Waals surface area contributed by atoms with Crippen molar-refractivity contribution in [3.63, 3.8) is 0 Å². The van der Waals surface area contributed by atoms with Gasteiger partial charge in [0.1, 0.15) is 5.02 Å². The lowest BCUT2D eigenvalue weighted by molar-refractivity contribution is -0.384. The lowest BCUT2D eigenvalue weighted by Gasteiger charge is -2.06. The van der Waals surface area contributed by atoms with Gasteiger partial charge in [0.15, 0.2) is 0 Å². The molecule has 1 aromatic heterocycles. The van der Waals surface area contributed by atoms with Crippen LogP contribution in [0.5, 0.6) is 0 Å². The Morgan fingerprint density at radius 3 is 2.50 bits per heavy atom. The first kappa shape index (κ1) is 21.2. The van der Waals surface area contributed by atoms with E-state index in [0.717, 1.165) is 6.07 Å². The van der Waals surface area contributed by atoms with Gasteiger partial charge >= 0.3 is 11.8 Å². The van der Waals surface area contributed by atoms with Crippen LogP contribution in [0.4, 0.5) is 5.69 Å². The van der Waals surface area contributed by atoms with Gasteiger partial charge in [-0.2, -0.15) is 4.98 Å². The maximum Gasteiger partial charge on any atom is 0.316 e. The van der Waals surface area contributed by atoms with Crippen LogP contribution in [0.15, 0.2) is 47.0 Å². The number of carbonyl (C=O) groups excluding carboxylic acids is 2. The monoisotopic (exact) mass is 449 g/mol. The van der Waals surface area contributed by atoms with Crippen molar-refractivity contribution in [2.45, 2.75) is 0 Å². The molecule has 1 heterocycles. The van der Waals surface area contributed by atoms with Crippen LogP contribution in [-0.4, -0.2) is 40.0 Å². The second-order valence-electron chi connectivity index (χ2n) is 5.87. The number of nitrogens with zero attached hydrogens (tertiary/aromatic N) is 3. The molecule has 30 heavy (non-hydrogen) atoms. The van der Waals surface area contributed by atoms with Crippen molar-refractivity contribution in [1.29, 1.82) is 0 Å². The highest BCUT2D eigenvalue weighted by molar-refractivity contribution is 6.32. The van der Waals surface area contributed by atoms with Gasteiger partial charge in [-0.15, -0.1) is 0 Å². The van der Waals surface area contributed by atoms with Gasteiger partial charge in [-0.1, -0.05) is 40.5 Å². The lowest BCUT2D eigenvalue weighted by Crippen LogP contribution is -2.34. The quantitative estimate of drug-likeness (QED) is 0.320. The van der Waals surface area contributed by atoms with E-state index in [1.807, 2.05) is 0 Å². The smallest absolute Gasteiger partial charge is 0.316 e. The average Bonchev–Trinajstić information content (AvgIpc) is 3.21. The van der Waals surface area contributed by atoms with Crippen molar-refractivity contribution in [3.8, 4) is 11.4 Å². The zero-order chi connectivity index (χ0) is 21.7. The highest BCUT2D eigenvalue weighted by Gasteiger charge is 2.17. The number of hydrogen-bond acceptors (Lipinski definition) is 7. The van der Waals surface area contributed by atoms with Gasteiger partial charge in [0.25, 0.3) is 11.6 Å². The predicted octanol–water partition coefficient (Wildman–Crippen LogP) is 3.11. The third-order valence-electron chi connectivity index (χ3n) is 3.80. The highest BCUT2D eigenvalue weighted by atomic mass is 35.5. The summed E-state index contributed by atoms with van der Waals surface area (Å²) < 4.78 is 4.94. The number of hydrogen-bond donors (Lipinski definition) is 2. The zero-order valence-corrected chi connectivity index (χ0v) is 16.6. The Bertz CT molecular complexity index is 1120. The number of benzene rings is 2. The Labute approximate surface area is 179 Å². The molecule has 2 aromatic carbocycles. The van der Waals surface area contributed by atoms with Gasteiger partial charge in [0.05, 0.1) is 4.92 Å². The molecule has 154 valence electrons. The van der Waals surface area contributed by atoms with Crippen LogP contribution in [0.3, 0.4) is 0 Å². The van der Waals surface area contributed by atoms with Crippen molar-refractivity contribution in [2.24, 2.45) is 0 Å². The van der Waals surface area contributed by atoms with Crippen LogP contribution in [0.25, 0.3) is 11.4 Å². The summed E-state index contributed by atoms with van der Waals surface area (Å²) in [6.07, 6.45) is 0. The summed E-state index contributed by atoms with van der Waals surface area (Å²) >= 11 is 11.6. The number of halogens is 2. The van der Waals surface area contributed by atoms with Gasteiger partial charge in [0, 0.05) is 35.3 Å². The number of aromatic nitrogens is 2. The van der Waals surface area contributed by atoms with Crippen molar-refractivity contribution < 1.29 is 19.0 Å². The van der Waals surface area contributed by atoms with Crippen LogP contribution < -0.4 is 10.6 Å². The van der Waals surface area contributed by atoms with Crippen molar-refractivity contribution >= 4 is 40.7 Å². The lowest BCUT2D eigenvalue weighted by atomic mass is 10.2. The Balaban J connectivity index is 1.51. The van der Waals surface area contributed by atoms with Crippen LogP contribution >= 0.6 is 23.2 Å². The van der Waals surface area contributed by atoms with E-state index in [1.165, 1.54) is 12.1 Å². The number of rotatable bonds is 7. The summed E-state index contributed by atoms with van der Waals surface area (Å²) in [4.78, 5) is 38.4. The van der Waals surface area contributed by atoms with Crippen molar-refractivity contribution in [3.05, 3.63) is 74.1 Å². The summed E-state index contributed by atoms with van der Waals surface area (Å²) in [5.41, 5.74) is 0.291. The zero-order valence-electron chi connectivity index (χ0n) is 15.1. The SMILES string of the molecule is O=C(NCCNC(=O)c1nc(-c2cccc(Cl)c2)no1)c1ccc(Cl)c([N+](=O)[O-])c1. The molecule has 0 aliphatic carbocycles. The van der Waals surface area contributed by atoms with Crippen LogP contribution in [0.2, 0.25) is 10.0 Å². The first-order chi connectivity index (χ1) is 14.3. The van der Waals surface area contributed by atoms with E-state index in [9.17, 15) is 19.7 Å². The molecule has 0 fully saturated rings. The van der Waals surface area contributed by atoms with Crippen LogP contribution in [-0.2, 0) is 0 Å². The molecule has 0 aliphatic heterocycles. The fraction of sp³-hybridized carbons (Fsp3) is 0.111. The largest absolute Gasteiger partial charge is 0.350 e. The molecule has 0 aliphatic rings. The molecule has 10 nitrogen and oxygen atoms in total. The molecule has 12 heteroatoms. The number of nitro benzene ring substituents is 1. The van der Waals surface area contributed by atoms with E-state index < -0.39 is 16.7 Å². The van der Waals surface area contributed by atoms with Gasteiger partial charge < -0.3 is 15.2 Å². The molecule has 2 N–H and O–H groups in total. The minimum absolute atomic E-state index is 0.0646. The first-order valence-corrected chi connectivity index (χ1v) is 9.20. The molecule has 0 atom stereocenters. The number of amides is 2. The molecule has 2 amide bonds. The number of nitrogens with one attached hydrogen (secondary N) is 2. The van der Waals surface area contributed by atoms with E-state index in [0.29, 0.717) is 10.6 Å². The standard InChI is InChI=1S/C18H13Cl2N5O5/c19-12-3-1-2-10(8-12)15-23-18(30-24-15)17(27)22-7-6-21-16(26)11-4-5-13(20)14(9-11)25(28)29/h1-5,8-9H,6-7H2,(H,21,26)(H,22,27). The third kappa shape index (κ3) is 5.10. The topological polar surface area (TPSA) is 140 Å². The molecule has 3 rings (SSSR count).